The van der Waals surface area contributed by atoms with Crippen molar-refractivity contribution in [2.24, 2.45) is 0 Å². The Morgan fingerprint density at radius 1 is 0.952 bits per heavy atom. The standard InChI is InChI=1S/C17H15BrN2S/c1-12-17(21-16-11-7-6-10-15(16)18)13(2)20(19-12)14-8-4-3-5-9-14/h3-11H,1-2H3. The Bertz CT molecular complexity index is 766. The number of halogens is 1. The second-order valence-corrected chi connectivity index (χ2v) is 6.69. The van der Waals surface area contributed by atoms with E-state index in [-0.39, 0.29) is 0 Å². The number of hydrogen-bond acceptors (Lipinski definition) is 2. The monoisotopic (exact) mass is 358 g/mol. The average molecular weight is 359 g/mol. The van der Waals surface area contributed by atoms with Crippen LogP contribution in [0.3, 0.4) is 0 Å². The molecule has 106 valence electrons. The molecule has 2 nitrogen and oxygen atoms in total. The molecule has 3 aromatic rings. The molecule has 4 heteroatoms. The molecule has 3 rings (SSSR count). The van der Waals surface area contributed by atoms with Crippen LogP contribution in [0.5, 0.6) is 0 Å². The summed E-state index contributed by atoms with van der Waals surface area (Å²) in [7, 11) is 0. The highest BCUT2D eigenvalue weighted by molar-refractivity contribution is 9.10. The van der Waals surface area contributed by atoms with Crippen LogP contribution in [0.4, 0.5) is 0 Å². The van der Waals surface area contributed by atoms with Gasteiger partial charge in [-0.25, -0.2) is 4.68 Å². The largest absolute Gasteiger partial charge is 0.237 e. The van der Waals surface area contributed by atoms with Crippen molar-refractivity contribution < 1.29 is 0 Å². The van der Waals surface area contributed by atoms with Gasteiger partial charge in [0, 0.05) is 9.37 Å². The number of hydrogen-bond donors (Lipinski definition) is 0. The van der Waals surface area contributed by atoms with Gasteiger partial charge in [-0.1, -0.05) is 42.1 Å². The molecule has 0 saturated heterocycles. The molecular formula is C17H15BrN2S. The Morgan fingerprint density at radius 3 is 2.33 bits per heavy atom. The second kappa shape index (κ2) is 6.08. The van der Waals surface area contributed by atoms with E-state index in [0.29, 0.717) is 0 Å². The van der Waals surface area contributed by atoms with Gasteiger partial charge in [0.1, 0.15) is 0 Å². The molecule has 0 fully saturated rings. The van der Waals surface area contributed by atoms with E-state index in [1.807, 2.05) is 28.9 Å². The summed E-state index contributed by atoms with van der Waals surface area (Å²) < 4.78 is 3.12. The first-order chi connectivity index (χ1) is 10.2. The fraction of sp³-hybridized carbons (Fsp3) is 0.118. The predicted octanol–water partition coefficient (Wildman–Crippen LogP) is 5.40. The maximum absolute atomic E-state index is 4.69. The van der Waals surface area contributed by atoms with E-state index in [4.69, 9.17) is 0 Å². The Morgan fingerprint density at radius 2 is 1.62 bits per heavy atom. The highest BCUT2D eigenvalue weighted by Crippen LogP contribution is 2.37. The molecule has 0 radical (unpaired) electrons. The molecule has 0 spiro atoms. The minimum Gasteiger partial charge on any atom is -0.237 e. The SMILES string of the molecule is Cc1nn(-c2ccccc2)c(C)c1Sc1ccccc1Br. The summed E-state index contributed by atoms with van der Waals surface area (Å²) in [5.74, 6) is 0. The highest BCUT2D eigenvalue weighted by Gasteiger charge is 2.14. The van der Waals surface area contributed by atoms with Gasteiger partial charge in [0.25, 0.3) is 0 Å². The number of para-hydroxylation sites is 1. The first kappa shape index (κ1) is 14.4. The maximum Gasteiger partial charge on any atom is 0.0740 e. The van der Waals surface area contributed by atoms with E-state index in [1.54, 1.807) is 11.8 Å². The van der Waals surface area contributed by atoms with E-state index < -0.39 is 0 Å². The molecular weight excluding hydrogens is 344 g/mol. The van der Waals surface area contributed by atoms with E-state index in [0.717, 1.165) is 15.9 Å². The Kier molecular flexibility index (Phi) is 4.17. The van der Waals surface area contributed by atoms with E-state index in [1.165, 1.54) is 15.5 Å². The third kappa shape index (κ3) is 2.92. The minimum absolute atomic E-state index is 1.05. The van der Waals surface area contributed by atoms with Crippen molar-refractivity contribution in [3.8, 4) is 5.69 Å². The molecule has 0 amide bonds. The highest BCUT2D eigenvalue weighted by atomic mass is 79.9. The van der Waals surface area contributed by atoms with Crippen molar-refractivity contribution in [1.29, 1.82) is 0 Å². The normalized spacial score (nSPS) is 10.8. The molecule has 0 bridgehead atoms. The van der Waals surface area contributed by atoms with Crippen LogP contribution in [0.15, 0.2) is 68.9 Å². The molecule has 0 aliphatic rings. The van der Waals surface area contributed by atoms with E-state index >= 15 is 0 Å². The summed E-state index contributed by atoms with van der Waals surface area (Å²) in [6.45, 7) is 4.18. The fourth-order valence-electron chi connectivity index (χ4n) is 2.23. The lowest BCUT2D eigenvalue weighted by molar-refractivity contribution is 0.832. The van der Waals surface area contributed by atoms with Crippen molar-refractivity contribution in [1.82, 2.24) is 9.78 Å². The fourth-order valence-corrected chi connectivity index (χ4v) is 3.72. The molecule has 0 aliphatic heterocycles. The molecule has 0 N–H and O–H groups in total. The molecule has 1 aromatic heterocycles. The number of aryl methyl sites for hydroxylation is 1. The van der Waals surface area contributed by atoms with Crippen molar-refractivity contribution in [2.75, 3.05) is 0 Å². The third-order valence-electron chi connectivity index (χ3n) is 3.27. The van der Waals surface area contributed by atoms with Crippen molar-refractivity contribution in [2.45, 2.75) is 23.6 Å². The van der Waals surface area contributed by atoms with Crippen LogP contribution in [0.1, 0.15) is 11.4 Å². The lowest BCUT2D eigenvalue weighted by atomic mass is 10.3. The second-order valence-electron chi connectivity index (χ2n) is 4.78. The molecule has 1 heterocycles. The third-order valence-corrected chi connectivity index (χ3v) is 5.60. The number of nitrogens with zero attached hydrogens (tertiary/aromatic N) is 2. The van der Waals surface area contributed by atoms with Gasteiger partial charge in [-0.3, -0.25) is 0 Å². The van der Waals surface area contributed by atoms with Crippen LogP contribution in [0.2, 0.25) is 0 Å². The van der Waals surface area contributed by atoms with Gasteiger partial charge in [0.15, 0.2) is 0 Å². The van der Waals surface area contributed by atoms with Crippen molar-refractivity contribution in [3.05, 3.63) is 70.5 Å². The topological polar surface area (TPSA) is 17.8 Å². The lowest BCUT2D eigenvalue weighted by Gasteiger charge is -2.06. The molecule has 21 heavy (non-hydrogen) atoms. The Balaban J connectivity index is 2.01. The molecule has 0 unspecified atom stereocenters. The van der Waals surface area contributed by atoms with Crippen LogP contribution >= 0.6 is 27.7 Å². The number of aromatic nitrogens is 2. The zero-order chi connectivity index (χ0) is 14.8. The predicted molar refractivity (Wildman–Crippen MR) is 91.3 cm³/mol. The summed E-state index contributed by atoms with van der Waals surface area (Å²) >= 11 is 5.36. The summed E-state index contributed by atoms with van der Waals surface area (Å²) in [6.07, 6.45) is 0. The first-order valence-electron chi connectivity index (χ1n) is 6.71. The van der Waals surface area contributed by atoms with Gasteiger partial charge in [0.05, 0.1) is 22.0 Å². The molecule has 0 aliphatic carbocycles. The van der Waals surface area contributed by atoms with Crippen LogP contribution < -0.4 is 0 Å². The van der Waals surface area contributed by atoms with Crippen molar-refractivity contribution >= 4 is 27.7 Å². The number of benzene rings is 2. The number of rotatable bonds is 3. The first-order valence-corrected chi connectivity index (χ1v) is 8.32. The summed E-state index contributed by atoms with van der Waals surface area (Å²) in [5.41, 5.74) is 3.31. The molecule has 0 saturated carbocycles. The van der Waals surface area contributed by atoms with Gasteiger partial charge in [-0.05, 0) is 54.0 Å². The Hall–Kier alpha value is -1.52. The van der Waals surface area contributed by atoms with Crippen molar-refractivity contribution in [3.63, 3.8) is 0 Å². The zero-order valence-corrected chi connectivity index (χ0v) is 14.3. The van der Waals surface area contributed by atoms with Crippen LogP contribution in [-0.4, -0.2) is 9.78 Å². The van der Waals surface area contributed by atoms with Crippen LogP contribution in [0.25, 0.3) is 5.69 Å². The Labute approximate surface area is 137 Å². The summed E-state index contributed by atoms with van der Waals surface area (Å²) in [6, 6.07) is 18.5. The molecule has 2 aromatic carbocycles. The molecule has 0 atom stereocenters. The quantitative estimate of drug-likeness (QED) is 0.623. The van der Waals surface area contributed by atoms with Gasteiger partial charge in [0.2, 0.25) is 0 Å². The van der Waals surface area contributed by atoms with Gasteiger partial charge in [-0.15, -0.1) is 0 Å². The van der Waals surface area contributed by atoms with Gasteiger partial charge in [-0.2, -0.15) is 5.10 Å². The lowest BCUT2D eigenvalue weighted by Crippen LogP contribution is -1.98. The minimum atomic E-state index is 1.05. The zero-order valence-electron chi connectivity index (χ0n) is 11.9. The van der Waals surface area contributed by atoms with Gasteiger partial charge < -0.3 is 0 Å². The van der Waals surface area contributed by atoms with E-state index in [2.05, 4.69) is 65.2 Å². The van der Waals surface area contributed by atoms with Crippen LogP contribution in [0, 0.1) is 13.8 Å². The van der Waals surface area contributed by atoms with E-state index in [9.17, 15) is 0 Å². The van der Waals surface area contributed by atoms with Crippen LogP contribution in [-0.2, 0) is 0 Å². The summed E-state index contributed by atoms with van der Waals surface area (Å²) in [4.78, 5) is 2.42. The average Bonchev–Trinajstić information content (AvgIpc) is 2.78. The van der Waals surface area contributed by atoms with Gasteiger partial charge >= 0.3 is 0 Å². The summed E-state index contributed by atoms with van der Waals surface area (Å²) in [5, 5.41) is 4.69. The maximum atomic E-state index is 4.69. The smallest absolute Gasteiger partial charge is 0.0740 e.